The zero-order valence-corrected chi connectivity index (χ0v) is 10.9. The maximum Gasteiger partial charge on any atom is 0.451 e. The molecule has 0 atom stereocenters. The van der Waals surface area contributed by atoms with Crippen LogP contribution in [0.3, 0.4) is 0 Å². The lowest BCUT2D eigenvalue weighted by atomic mass is 10.2. The maximum absolute atomic E-state index is 11.3. The number of nitrogens with zero attached hydrogens (tertiary/aromatic N) is 1. The first-order chi connectivity index (χ1) is 8.69. The predicted molar refractivity (Wildman–Crippen MR) is 59.4 cm³/mol. The van der Waals surface area contributed by atoms with E-state index in [9.17, 15) is 19.2 Å². The highest BCUT2D eigenvalue weighted by molar-refractivity contribution is 5.97. The number of esters is 1. The number of rotatable bonds is 4. The minimum absolute atomic E-state index is 0.201. The van der Waals surface area contributed by atoms with Gasteiger partial charge < -0.3 is 14.3 Å². The van der Waals surface area contributed by atoms with Crippen LogP contribution in [0.5, 0.6) is 0 Å². The average molecular weight is 273 g/mol. The summed E-state index contributed by atoms with van der Waals surface area (Å²) in [5.74, 6) is -2.23. The molecule has 1 saturated heterocycles. The predicted octanol–water partition coefficient (Wildman–Crippen LogP) is 0.545. The lowest BCUT2D eigenvalue weighted by Gasteiger charge is -2.19. The van der Waals surface area contributed by atoms with Crippen molar-refractivity contribution in [2.24, 2.45) is 0 Å². The van der Waals surface area contributed by atoms with Gasteiger partial charge in [0.1, 0.15) is 5.60 Å². The molecule has 1 fully saturated rings. The molecular formula is C11H15NO7. The van der Waals surface area contributed by atoms with Crippen molar-refractivity contribution in [3.05, 3.63) is 0 Å². The highest BCUT2D eigenvalue weighted by Gasteiger charge is 2.35. The Hall–Kier alpha value is -2.12. The van der Waals surface area contributed by atoms with Gasteiger partial charge in [-0.2, -0.15) is 0 Å². The van der Waals surface area contributed by atoms with Gasteiger partial charge in [0.05, 0.1) is 12.8 Å². The fraction of sp³-hybridized carbons (Fsp3) is 0.636. The molecule has 106 valence electrons. The number of hydrogen-bond donors (Lipinski definition) is 0. The van der Waals surface area contributed by atoms with Crippen LogP contribution in [-0.2, 0) is 28.7 Å². The van der Waals surface area contributed by atoms with E-state index in [2.05, 4.69) is 9.57 Å². The Balaban J connectivity index is 2.34. The van der Waals surface area contributed by atoms with Crippen LogP contribution in [0.1, 0.15) is 33.6 Å². The van der Waals surface area contributed by atoms with Gasteiger partial charge in [0.25, 0.3) is 0 Å². The summed E-state index contributed by atoms with van der Waals surface area (Å²) in [7, 11) is 0. The topological polar surface area (TPSA) is 99.2 Å². The van der Waals surface area contributed by atoms with Crippen LogP contribution in [0.15, 0.2) is 0 Å². The third kappa shape index (κ3) is 4.94. The smallest absolute Gasteiger partial charge is 0.451 e. The molecule has 0 aliphatic carbocycles. The van der Waals surface area contributed by atoms with Crippen LogP contribution >= 0.6 is 0 Å². The summed E-state index contributed by atoms with van der Waals surface area (Å²) in [4.78, 5) is 49.2. The van der Waals surface area contributed by atoms with Crippen LogP contribution < -0.4 is 0 Å². The Bertz CT molecular complexity index is 394. The van der Waals surface area contributed by atoms with Crippen molar-refractivity contribution in [3.8, 4) is 0 Å². The van der Waals surface area contributed by atoms with Crippen molar-refractivity contribution in [2.45, 2.75) is 39.2 Å². The number of hydroxylamine groups is 2. The first-order valence-corrected chi connectivity index (χ1v) is 5.61. The van der Waals surface area contributed by atoms with Crippen molar-refractivity contribution in [2.75, 3.05) is 6.61 Å². The van der Waals surface area contributed by atoms with Gasteiger partial charge >= 0.3 is 23.9 Å². The SMILES string of the molecule is CC(C)(C)OC(=O)CCC(=O)ON1C(=O)COC1=O. The van der Waals surface area contributed by atoms with Crippen LogP contribution in [0.2, 0.25) is 0 Å². The van der Waals surface area contributed by atoms with Gasteiger partial charge in [-0.05, 0) is 20.8 Å². The Morgan fingerprint density at radius 2 is 1.79 bits per heavy atom. The third-order valence-corrected chi connectivity index (χ3v) is 1.86. The Morgan fingerprint density at radius 1 is 1.21 bits per heavy atom. The Morgan fingerprint density at radius 3 is 2.26 bits per heavy atom. The van der Waals surface area contributed by atoms with Crippen molar-refractivity contribution in [3.63, 3.8) is 0 Å². The number of carbonyl (C=O) groups is 4. The monoisotopic (exact) mass is 273 g/mol. The lowest BCUT2D eigenvalue weighted by Crippen LogP contribution is -2.32. The molecule has 1 aliphatic rings. The molecule has 0 N–H and O–H groups in total. The van der Waals surface area contributed by atoms with Crippen LogP contribution in [0.25, 0.3) is 0 Å². The number of hydrogen-bond acceptors (Lipinski definition) is 7. The number of cyclic esters (lactones) is 1. The van der Waals surface area contributed by atoms with Crippen molar-refractivity contribution < 1.29 is 33.5 Å². The summed E-state index contributed by atoms with van der Waals surface area (Å²) in [6.07, 6.45) is -1.55. The van der Waals surface area contributed by atoms with E-state index in [1.807, 2.05) is 0 Å². The van der Waals surface area contributed by atoms with Crippen molar-refractivity contribution in [1.82, 2.24) is 5.06 Å². The first-order valence-electron chi connectivity index (χ1n) is 5.61. The van der Waals surface area contributed by atoms with E-state index in [0.29, 0.717) is 0 Å². The van der Waals surface area contributed by atoms with Gasteiger partial charge in [0, 0.05) is 0 Å². The van der Waals surface area contributed by atoms with E-state index in [-0.39, 0.29) is 17.9 Å². The molecule has 8 nitrogen and oxygen atoms in total. The average Bonchev–Trinajstić information content (AvgIpc) is 2.56. The molecule has 0 aromatic heterocycles. The largest absolute Gasteiger partial charge is 0.460 e. The molecule has 0 bridgehead atoms. The molecule has 0 unspecified atom stereocenters. The molecule has 0 spiro atoms. The van der Waals surface area contributed by atoms with Gasteiger partial charge in [-0.15, -0.1) is 0 Å². The van der Waals surface area contributed by atoms with Gasteiger partial charge in [-0.3, -0.25) is 9.59 Å². The highest BCUT2D eigenvalue weighted by atomic mass is 16.8. The minimum Gasteiger partial charge on any atom is -0.460 e. The zero-order chi connectivity index (χ0) is 14.6. The second-order valence-electron chi connectivity index (χ2n) is 4.79. The maximum atomic E-state index is 11.3. The molecule has 1 rings (SSSR count). The van der Waals surface area contributed by atoms with Crippen LogP contribution in [0, 0.1) is 0 Å². The molecule has 1 aliphatic heterocycles. The van der Waals surface area contributed by atoms with E-state index in [1.54, 1.807) is 20.8 Å². The second kappa shape index (κ2) is 5.68. The van der Waals surface area contributed by atoms with E-state index in [4.69, 9.17) is 4.74 Å². The molecule has 0 radical (unpaired) electrons. The second-order valence-corrected chi connectivity index (χ2v) is 4.79. The molecule has 19 heavy (non-hydrogen) atoms. The molecule has 0 saturated carbocycles. The zero-order valence-electron chi connectivity index (χ0n) is 10.9. The van der Waals surface area contributed by atoms with E-state index < -0.39 is 36.1 Å². The summed E-state index contributed by atoms with van der Waals surface area (Å²) < 4.78 is 9.32. The Kier molecular flexibility index (Phi) is 4.47. The van der Waals surface area contributed by atoms with E-state index in [0.717, 1.165) is 0 Å². The van der Waals surface area contributed by atoms with Crippen LogP contribution in [-0.4, -0.2) is 41.2 Å². The van der Waals surface area contributed by atoms with Crippen LogP contribution in [0.4, 0.5) is 4.79 Å². The summed E-state index contributed by atoms with van der Waals surface area (Å²) >= 11 is 0. The molecule has 2 amide bonds. The van der Waals surface area contributed by atoms with E-state index in [1.165, 1.54) is 0 Å². The van der Waals surface area contributed by atoms with Gasteiger partial charge in [-0.1, -0.05) is 5.06 Å². The summed E-state index contributed by atoms with van der Waals surface area (Å²) in [5, 5.41) is 0.234. The highest BCUT2D eigenvalue weighted by Crippen LogP contribution is 2.11. The molecular weight excluding hydrogens is 258 g/mol. The number of ether oxygens (including phenoxy) is 2. The van der Waals surface area contributed by atoms with Gasteiger partial charge in [0.2, 0.25) is 0 Å². The number of carbonyl (C=O) groups excluding carboxylic acids is 4. The lowest BCUT2D eigenvalue weighted by molar-refractivity contribution is -0.183. The van der Waals surface area contributed by atoms with Gasteiger partial charge in [-0.25, -0.2) is 9.59 Å². The molecule has 0 aromatic carbocycles. The van der Waals surface area contributed by atoms with Gasteiger partial charge in [0.15, 0.2) is 6.61 Å². The standard InChI is InChI=1S/C11H15NO7/c1-11(2,3)18-8(14)4-5-9(15)19-12-7(13)6-17-10(12)16/h4-6H2,1-3H3. The van der Waals surface area contributed by atoms with Crippen molar-refractivity contribution >= 4 is 23.9 Å². The quantitative estimate of drug-likeness (QED) is 0.689. The number of amides is 2. The van der Waals surface area contributed by atoms with E-state index >= 15 is 0 Å². The molecule has 8 heteroatoms. The fourth-order valence-corrected chi connectivity index (χ4v) is 1.17. The fourth-order valence-electron chi connectivity index (χ4n) is 1.17. The summed E-state index contributed by atoms with van der Waals surface area (Å²) in [5.41, 5.74) is -0.643. The molecule has 1 heterocycles. The van der Waals surface area contributed by atoms with Crippen molar-refractivity contribution in [1.29, 1.82) is 0 Å². The Labute approximate surface area is 109 Å². The summed E-state index contributed by atoms with van der Waals surface area (Å²) in [6.45, 7) is 4.63. The molecule has 0 aromatic rings. The summed E-state index contributed by atoms with van der Waals surface area (Å²) in [6, 6.07) is 0. The minimum atomic E-state index is -1.05. The normalized spacial score (nSPS) is 15.2. The first kappa shape index (κ1) is 14.9. The number of imide groups is 1. The third-order valence-electron chi connectivity index (χ3n) is 1.86.